The predicted molar refractivity (Wildman–Crippen MR) is 60.2 cm³/mol. The fourth-order valence-corrected chi connectivity index (χ4v) is 1.89. The number of rotatable bonds is 4. The number of carbonyl (C=O) groups excluding carboxylic acids is 1. The smallest absolute Gasteiger partial charge is 0.387 e. The van der Waals surface area contributed by atoms with Crippen molar-refractivity contribution in [1.29, 1.82) is 0 Å². The molecule has 0 bridgehead atoms. The van der Waals surface area contributed by atoms with Crippen molar-refractivity contribution < 1.29 is 18.3 Å². The summed E-state index contributed by atoms with van der Waals surface area (Å²) in [6.07, 6.45) is 0.233. The lowest BCUT2D eigenvalue weighted by atomic mass is 10.1. The number of carbonyl (C=O) groups is 1. The normalized spacial score (nSPS) is 10.5. The van der Waals surface area contributed by atoms with Crippen LogP contribution in [0, 0.1) is 3.57 Å². The van der Waals surface area contributed by atoms with E-state index in [1.54, 1.807) is 6.07 Å². The van der Waals surface area contributed by atoms with E-state index >= 15 is 0 Å². The van der Waals surface area contributed by atoms with Crippen molar-refractivity contribution in [1.82, 2.24) is 0 Å². The Labute approximate surface area is 99.8 Å². The van der Waals surface area contributed by atoms with Gasteiger partial charge in [-0.15, -0.1) is 0 Å². The van der Waals surface area contributed by atoms with E-state index in [0.29, 0.717) is 5.56 Å². The quantitative estimate of drug-likeness (QED) is 0.795. The topological polar surface area (TPSA) is 26.3 Å². The molecule has 0 saturated carbocycles. The largest absolute Gasteiger partial charge is 0.435 e. The zero-order valence-electron chi connectivity index (χ0n) is 7.97. The second-order valence-electron chi connectivity index (χ2n) is 3.05. The van der Waals surface area contributed by atoms with Gasteiger partial charge in [-0.2, -0.15) is 8.78 Å². The highest BCUT2D eigenvalue weighted by Gasteiger charge is 2.07. The highest BCUT2D eigenvalue weighted by molar-refractivity contribution is 14.1. The average Bonchev–Trinajstić information content (AvgIpc) is 1.98. The van der Waals surface area contributed by atoms with Crippen LogP contribution in [-0.4, -0.2) is 12.4 Å². The molecule has 0 aliphatic carbocycles. The number of benzene rings is 1. The Morgan fingerprint density at radius 2 is 2.13 bits per heavy atom. The molecule has 0 aliphatic heterocycles. The van der Waals surface area contributed by atoms with Gasteiger partial charge in [0.05, 0.1) is 0 Å². The molecule has 2 nitrogen and oxygen atoms in total. The van der Waals surface area contributed by atoms with Crippen LogP contribution in [-0.2, 0) is 11.2 Å². The van der Waals surface area contributed by atoms with Gasteiger partial charge in [0.2, 0.25) is 0 Å². The number of Topliss-reactive ketones (excluding diaryl/α,β-unsaturated/α-hetero) is 1. The molecule has 15 heavy (non-hydrogen) atoms. The maximum absolute atomic E-state index is 12.0. The van der Waals surface area contributed by atoms with Gasteiger partial charge in [0, 0.05) is 9.99 Å². The highest BCUT2D eigenvalue weighted by Crippen LogP contribution is 2.21. The van der Waals surface area contributed by atoms with Gasteiger partial charge in [0.15, 0.2) is 0 Å². The van der Waals surface area contributed by atoms with Gasteiger partial charge in [-0.05, 0) is 53.3 Å². The predicted octanol–water partition coefficient (Wildman–Crippen LogP) is 3.02. The SMILES string of the molecule is CC(=O)Cc1cc(I)cc(OC(F)F)c1. The molecule has 0 amide bonds. The second kappa shape index (κ2) is 5.39. The molecule has 0 radical (unpaired) electrons. The molecule has 1 aromatic carbocycles. The number of ketones is 1. The first-order valence-electron chi connectivity index (χ1n) is 4.21. The fraction of sp³-hybridized carbons (Fsp3) is 0.300. The number of halogens is 3. The Bertz CT molecular complexity index is 366. The minimum Gasteiger partial charge on any atom is -0.435 e. The molecule has 0 N–H and O–H groups in total. The van der Waals surface area contributed by atoms with E-state index in [-0.39, 0.29) is 18.0 Å². The lowest BCUT2D eigenvalue weighted by Gasteiger charge is -2.07. The summed E-state index contributed by atoms with van der Waals surface area (Å²) in [4.78, 5) is 10.9. The van der Waals surface area contributed by atoms with E-state index < -0.39 is 6.61 Å². The first kappa shape index (κ1) is 12.4. The van der Waals surface area contributed by atoms with Crippen LogP contribution < -0.4 is 4.74 Å². The van der Waals surface area contributed by atoms with Crippen LogP contribution in [0.4, 0.5) is 8.78 Å². The summed E-state index contributed by atoms with van der Waals surface area (Å²) in [6, 6.07) is 4.71. The first-order valence-corrected chi connectivity index (χ1v) is 5.29. The minimum atomic E-state index is -2.84. The van der Waals surface area contributed by atoms with Gasteiger partial charge in [0.25, 0.3) is 0 Å². The maximum Gasteiger partial charge on any atom is 0.387 e. The summed E-state index contributed by atoms with van der Waals surface area (Å²) in [7, 11) is 0. The number of ether oxygens (including phenoxy) is 1. The third kappa shape index (κ3) is 4.55. The maximum atomic E-state index is 12.0. The summed E-state index contributed by atoms with van der Waals surface area (Å²) in [6.45, 7) is -1.39. The van der Waals surface area contributed by atoms with Crippen molar-refractivity contribution in [3.8, 4) is 5.75 Å². The molecule has 0 unspecified atom stereocenters. The average molecular weight is 326 g/mol. The first-order chi connectivity index (χ1) is 6.97. The molecular formula is C10H9F2IO2. The van der Waals surface area contributed by atoms with Crippen LogP contribution in [0.2, 0.25) is 0 Å². The summed E-state index contributed by atoms with van der Waals surface area (Å²) in [5.74, 6) is 0.0770. The van der Waals surface area contributed by atoms with Crippen LogP contribution in [0.15, 0.2) is 18.2 Å². The number of hydrogen-bond donors (Lipinski definition) is 0. The molecule has 0 fully saturated rings. The fourth-order valence-electron chi connectivity index (χ4n) is 1.18. The molecule has 0 aliphatic rings. The van der Waals surface area contributed by atoms with Crippen LogP contribution >= 0.6 is 22.6 Å². The Morgan fingerprint density at radius 1 is 1.47 bits per heavy atom. The lowest BCUT2D eigenvalue weighted by molar-refractivity contribution is -0.116. The third-order valence-electron chi connectivity index (χ3n) is 1.61. The molecule has 0 aromatic heterocycles. The zero-order chi connectivity index (χ0) is 11.4. The standard InChI is InChI=1S/C10H9F2IO2/c1-6(14)2-7-3-8(13)5-9(4-7)15-10(11)12/h3-5,10H,2H2,1H3. The van der Waals surface area contributed by atoms with Crippen LogP contribution in [0.1, 0.15) is 12.5 Å². The Morgan fingerprint density at radius 3 is 2.67 bits per heavy atom. The Hall–Kier alpha value is -0.720. The Kier molecular flexibility index (Phi) is 4.44. The summed E-state index contributed by atoms with van der Waals surface area (Å²) >= 11 is 1.99. The lowest BCUT2D eigenvalue weighted by Crippen LogP contribution is -2.03. The van der Waals surface area contributed by atoms with Crippen molar-refractivity contribution in [2.45, 2.75) is 20.0 Å². The van der Waals surface area contributed by atoms with Gasteiger partial charge >= 0.3 is 6.61 Å². The van der Waals surface area contributed by atoms with Crippen LogP contribution in [0.5, 0.6) is 5.75 Å². The van der Waals surface area contributed by atoms with Crippen molar-refractivity contribution in [3.05, 3.63) is 27.3 Å². The van der Waals surface area contributed by atoms with E-state index in [1.807, 2.05) is 22.6 Å². The van der Waals surface area contributed by atoms with Gasteiger partial charge in [0.1, 0.15) is 11.5 Å². The summed E-state index contributed by atoms with van der Waals surface area (Å²) in [5, 5.41) is 0. The van der Waals surface area contributed by atoms with Crippen molar-refractivity contribution in [2.75, 3.05) is 0 Å². The van der Waals surface area contributed by atoms with E-state index in [9.17, 15) is 13.6 Å². The van der Waals surface area contributed by atoms with E-state index in [4.69, 9.17) is 0 Å². The Balaban J connectivity index is 2.89. The monoisotopic (exact) mass is 326 g/mol. The second-order valence-corrected chi connectivity index (χ2v) is 4.30. The molecule has 0 spiro atoms. The molecule has 0 saturated heterocycles. The minimum absolute atomic E-state index is 0.0139. The van der Waals surface area contributed by atoms with Crippen LogP contribution in [0.25, 0.3) is 0 Å². The van der Waals surface area contributed by atoms with E-state index in [2.05, 4.69) is 4.74 Å². The van der Waals surface area contributed by atoms with E-state index in [1.165, 1.54) is 19.1 Å². The zero-order valence-corrected chi connectivity index (χ0v) is 10.1. The molecule has 5 heteroatoms. The van der Waals surface area contributed by atoms with Gasteiger partial charge in [-0.1, -0.05) is 0 Å². The van der Waals surface area contributed by atoms with E-state index in [0.717, 1.165) is 3.57 Å². The molecule has 1 aromatic rings. The third-order valence-corrected chi connectivity index (χ3v) is 2.23. The van der Waals surface area contributed by atoms with Crippen molar-refractivity contribution in [2.24, 2.45) is 0 Å². The molecule has 0 atom stereocenters. The van der Waals surface area contributed by atoms with Crippen LogP contribution in [0.3, 0.4) is 0 Å². The van der Waals surface area contributed by atoms with Gasteiger partial charge in [-0.25, -0.2) is 0 Å². The summed E-state index contributed by atoms with van der Waals surface area (Å²) < 4.78 is 28.9. The number of alkyl halides is 2. The molecular weight excluding hydrogens is 317 g/mol. The van der Waals surface area contributed by atoms with Gasteiger partial charge in [-0.3, -0.25) is 4.79 Å². The molecule has 82 valence electrons. The summed E-state index contributed by atoms with van der Waals surface area (Å²) in [5.41, 5.74) is 0.685. The van der Waals surface area contributed by atoms with Crippen molar-refractivity contribution >= 4 is 28.4 Å². The van der Waals surface area contributed by atoms with Gasteiger partial charge < -0.3 is 4.74 Å². The van der Waals surface area contributed by atoms with Crippen molar-refractivity contribution in [3.63, 3.8) is 0 Å². The molecule has 0 heterocycles. The highest BCUT2D eigenvalue weighted by atomic mass is 127. The molecule has 1 rings (SSSR count). The number of hydrogen-bond acceptors (Lipinski definition) is 2.